The van der Waals surface area contributed by atoms with Gasteiger partial charge in [-0.1, -0.05) is 53.4 Å². The lowest BCUT2D eigenvalue weighted by atomic mass is 9.90. The summed E-state index contributed by atoms with van der Waals surface area (Å²) in [5, 5.41) is 5.02. The molecule has 0 aliphatic heterocycles. The molecule has 1 aliphatic rings. The molecule has 1 unspecified atom stereocenters. The molecule has 0 aromatic heterocycles. The molecule has 7 nitrogen and oxygen atoms in total. The normalized spacial score (nSPS) is 15.6. The zero-order chi connectivity index (χ0) is 22.4. The number of carbonyl (C=O) groups excluding carboxylic acids is 3. The third-order valence-electron chi connectivity index (χ3n) is 4.22. The van der Waals surface area contributed by atoms with Crippen LogP contribution in [0.1, 0.15) is 87.0 Å². The van der Waals surface area contributed by atoms with Gasteiger partial charge in [0.05, 0.1) is 6.61 Å². The van der Waals surface area contributed by atoms with Gasteiger partial charge in [0.25, 0.3) is 0 Å². The fourth-order valence-electron chi connectivity index (χ4n) is 2.83. The van der Waals surface area contributed by atoms with Gasteiger partial charge >= 0.3 is 12.1 Å². The van der Waals surface area contributed by atoms with Gasteiger partial charge in [0, 0.05) is 0 Å². The maximum absolute atomic E-state index is 12.3. The lowest BCUT2D eigenvalue weighted by molar-refractivity contribution is -0.150. The van der Waals surface area contributed by atoms with Gasteiger partial charge < -0.3 is 20.1 Å². The number of amides is 2. The summed E-state index contributed by atoms with van der Waals surface area (Å²) in [6.07, 6.45) is 6.37. The summed E-state index contributed by atoms with van der Waals surface area (Å²) >= 11 is 0. The van der Waals surface area contributed by atoms with Crippen molar-refractivity contribution in [2.24, 2.45) is 11.8 Å². The summed E-state index contributed by atoms with van der Waals surface area (Å²) in [5.74, 6) is -0.565. The number of nitrogens with one attached hydrogen (secondary N) is 2. The quantitative estimate of drug-likeness (QED) is 0.609. The molecule has 1 rings (SSSR count). The first kappa shape index (κ1) is 27.2. The molecule has 1 fully saturated rings. The van der Waals surface area contributed by atoms with E-state index < -0.39 is 29.6 Å². The summed E-state index contributed by atoms with van der Waals surface area (Å²) in [6, 6.07) is -0.730. The van der Waals surface area contributed by atoms with Crippen LogP contribution in [0.4, 0.5) is 4.79 Å². The van der Waals surface area contributed by atoms with Crippen molar-refractivity contribution in [1.82, 2.24) is 10.6 Å². The number of alkyl carbamates (subject to hydrolysis) is 1. The number of ether oxygens (including phenoxy) is 2. The van der Waals surface area contributed by atoms with E-state index in [-0.39, 0.29) is 12.5 Å². The van der Waals surface area contributed by atoms with Gasteiger partial charge in [-0.25, -0.2) is 9.59 Å². The Morgan fingerprint density at radius 3 is 2.07 bits per heavy atom. The molecule has 0 heterocycles. The fourth-order valence-corrected chi connectivity index (χ4v) is 2.83. The molecule has 0 radical (unpaired) electrons. The minimum atomic E-state index is -0.730. The number of hydrogen-bond donors (Lipinski definition) is 2. The highest BCUT2D eigenvalue weighted by molar-refractivity contribution is 5.87. The Bertz CT molecular complexity index is 494. The van der Waals surface area contributed by atoms with Crippen LogP contribution >= 0.6 is 0 Å². The van der Waals surface area contributed by atoms with Crippen molar-refractivity contribution >= 4 is 18.0 Å². The summed E-state index contributed by atoms with van der Waals surface area (Å²) in [6.45, 7) is 13.3. The van der Waals surface area contributed by atoms with Crippen molar-refractivity contribution in [2.45, 2.75) is 98.6 Å². The van der Waals surface area contributed by atoms with Gasteiger partial charge in [-0.3, -0.25) is 4.79 Å². The maximum Gasteiger partial charge on any atom is 0.408 e. The molecule has 0 spiro atoms. The zero-order valence-corrected chi connectivity index (χ0v) is 19.4. The Labute approximate surface area is 176 Å². The SMILES string of the molecule is CC(C)C(NC(=O)CNC(=O)OC(C)(C)C)C(=O)OCC1CCCCC1.CCC. The number of carbonyl (C=O) groups is 3. The van der Waals surface area contributed by atoms with E-state index in [4.69, 9.17) is 9.47 Å². The summed E-state index contributed by atoms with van der Waals surface area (Å²) in [7, 11) is 0. The Morgan fingerprint density at radius 1 is 1.03 bits per heavy atom. The van der Waals surface area contributed by atoms with Gasteiger partial charge in [0.2, 0.25) is 5.91 Å². The average molecular weight is 415 g/mol. The van der Waals surface area contributed by atoms with E-state index in [9.17, 15) is 14.4 Å². The second-order valence-corrected chi connectivity index (χ2v) is 8.99. The monoisotopic (exact) mass is 414 g/mol. The number of esters is 1. The molecular weight excluding hydrogens is 372 g/mol. The van der Waals surface area contributed by atoms with Gasteiger partial charge in [-0.2, -0.15) is 0 Å². The molecule has 0 saturated heterocycles. The van der Waals surface area contributed by atoms with Crippen molar-refractivity contribution in [2.75, 3.05) is 13.2 Å². The Balaban J connectivity index is 0.00000245. The van der Waals surface area contributed by atoms with Crippen molar-refractivity contribution in [3.05, 3.63) is 0 Å². The summed E-state index contributed by atoms with van der Waals surface area (Å²) in [5.41, 5.74) is -0.635. The minimum absolute atomic E-state index is 0.112. The Morgan fingerprint density at radius 2 is 1.59 bits per heavy atom. The average Bonchev–Trinajstić information content (AvgIpc) is 2.62. The van der Waals surface area contributed by atoms with Crippen LogP contribution < -0.4 is 10.6 Å². The van der Waals surface area contributed by atoms with Crippen LogP contribution in [0.15, 0.2) is 0 Å². The molecule has 2 N–H and O–H groups in total. The van der Waals surface area contributed by atoms with E-state index in [0.717, 1.165) is 12.8 Å². The van der Waals surface area contributed by atoms with Crippen molar-refractivity contribution in [3.8, 4) is 0 Å². The minimum Gasteiger partial charge on any atom is -0.464 e. The highest BCUT2D eigenvalue weighted by Crippen LogP contribution is 2.24. The van der Waals surface area contributed by atoms with Crippen molar-refractivity contribution in [1.29, 1.82) is 0 Å². The highest BCUT2D eigenvalue weighted by Gasteiger charge is 2.27. The summed E-state index contributed by atoms with van der Waals surface area (Å²) in [4.78, 5) is 36.0. The van der Waals surface area contributed by atoms with Crippen LogP contribution in [0, 0.1) is 11.8 Å². The first-order valence-electron chi connectivity index (χ1n) is 10.9. The van der Waals surface area contributed by atoms with Crippen LogP contribution in [0.5, 0.6) is 0 Å². The standard InChI is InChI=1S/C19H34N2O5.C3H8/c1-13(2)16(17(23)25-12-14-9-7-6-8-10-14)21-15(22)11-20-18(24)26-19(3,4)5;1-3-2/h13-14,16H,6-12H2,1-5H3,(H,20,24)(H,21,22);3H2,1-2H3. The lowest BCUT2D eigenvalue weighted by Gasteiger charge is -2.25. The number of rotatable bonds is 7. The molecule has 0 aromatic carbocycles. The van der Waals surface area contributed by atoms with Gasteiger partial charge in [-0.05, 0) is 45.4 Å². The van der Waals surface area contributed by atoms with E-state index in [1.807, 2.05) is 13.8 Å². The van der Waals surface area contributed by atoms with Crippen LogP contribution in [-0.2, 0) is 19.1 Å². The first-order valence-corrected chi connectivity index (χ1v) is 10.9. The fraction of sp³-hybridized carbons (Fsp3) is 0.864. The summed E-state index contributed by atoms with van der Waals surface area (Å²) < 4.78 is 10.5. The molecule has 1 atom stereocenters. The van der Waals surface area contributed by atoms with Crippen LogP contribution in [0.25, 0.3) is 0 Å². The van der Waals surface area contributed by atoms with Crippen LogP contribution in [0.3, 0.4) is 0 Å². The predicted octanol–water partition coefficient (Wildman–Crippen LogP) is 4.19. The Hall–Kier alpha value is -1.79. The molecule has 29 heavy (non-hydrogen) atoms. The molecular formula is C22H42N2O5. The van der Waals surface area contributed by atoms with Gasteiger partial charge in [0.15, 0.2) is 0 Å². The molecule has 2 amide bonds. The molecule has 7 heteroatoms. The third kappa shape index (κ3) is 13.9. The van der Waals surface area contributed by atoms with E-state index >= 15 is 0 Å². The second-order valence-electron chi connectivity index (χ2n) is 8.99. The van der Waals surface area contributed by atoms with Gasteiger partial charge in [-0.15, -0.1) is 0 Å². The number of hydrogen-bond acceptors (Lipinski definition) is 5. The second kappa shape index (κ2) is 14.2. The topological polar surface area (TPSA) is 93.7 Å². The molecule has 0 bridgehead atoms. The van der Waals surface area contributed by atoms with Crippen molar-refractivity contribution < 1.29 is 23.9 Å². The molecule has 0 aromatic rings. The smallest absolute Gasteiger partial charge is 0.408 e. The third-order valence-corrected chi connectivity index (χ3v) is 4.22. The lowest BCUT2D eigenvalue weighted by Crippen LogP contribution is -2.49. The maximum atomic E-state index is 12.3. The predicted molar refractivity (Wildman–Crippen MR) is 115 cm³/mol. The van der Waals surface area contributed by atoms with Gasteiger partial charge in [0.1, 0.15) is 18.2 Å². The van der Waals surface area contributed by atoms with E-state index in [0.29, 0.717) is 12.5 Å². The zero-order valence-electron chi connectivity index (χ0n) is 19.4. The van der Waals surface area contributed by atoms with Crippen LogP contribution in [0.2, 0.25) is 0 Å². The van der Waals surface area contributed by atoms with E-state index in [2.05, 4.69) is 24.5 Å². The van der Waals surface area contributed by atoms with Crippen LogP contribution in [-0.4, -0.2) is 42.8 Å². The first-order chi connectivity index (χ1) is 13.5. The Kier molecular flexibility index (Phi) is 13.4. The molecule has 170 valence electrons. The highest BCUT2D eigenvalue weighted by atomic mass is 16.6. The van der Waals surface area contributed by atoms with Crippen molar-refractivity contribution in [3.63, 3.8) is 0 Å². The van der Waals surface area contributed by atoms with E-state index in [1.165, 1.54) is 25.7 Å². The molecule has 1 saturated carbocycles. The van der Waals surface area contributed by atoms with E-state index in [1.54, 1.807) is 20.8 Å². The molecule has 1 aliphatic carbocycles. The largest absolute Gasteiger partial charge is 0.464 e.